The van der Waals surface area contributed by atoms with Gasteiger partial charge in [0.15, 0.2) is 0 Å². The molecule has 1 aliphatic rings. The lowest BCUT2D eigenvalue weighted by molar-refractivity contribution is 0.398. The van der Waals surface area contributed by atoms with E-state index in [9.17, 15) is 4.39 Å². The molecule has 2 aromatic carbocycles. The number of hydrogen-bond acceptors (Lipinski definition) is 4. The van der Waals surface area contributed by atoms with Gasteiger partial charge in [0.25, 0.3) is 0 Å². The van der Waals surface area contributed by atoms with Crippen molar-refractivity contribution in [2.45, 2.75) is 31.7 Å². The molecule has 0 bridgehead atoms. The molecular formula is C22H23FN4O. The number of aromatic nitrogens is 2. The van der Waals surface area contributed by atoms with E-state index in [-0.39, 0.29) is 6.54 Å². The number of nitrogens with zero attached hydrogens (tertiary/aromatic N) is 2. The Bertz CT molecular complexity index is 993. The van der Waals surface area contributed by atoms with E-state index in [1.807, 2.05) is 34.9 Å². The van der Waals surface area contributed by atoms with Gasteiger partial charge in [-0.3, -0.25) is 0 Å². The van der Waals surface area contributed by atoms with Gasteiger partial charge in [0.2, 0.25) is 0 Å². The summed E-state index contributed by atoms with van der Waals surface area (Å²) >= 11 is 0. The van der Waals surface area contributed by atoms with Crippen molar-refractivity contribution >= 4 is 6.20 Å². The Labute approximate surface area is 163 Å². The van der Waals surface area contributed by atoms with Gasteiger partial charge in [0, 0.05) is 36.5 Å². The zero-order valence-electron chi connectivity index (χ0n) is 15.5. The summed E-state index contributed by atoms with van der Waals surface area (Å²) in [6.45, 7) is 0.237. The number of ether oxygens (including phenoxy) is 1. The number of hydrogen-bond donors (Lipinski definition) is 2. The fourth-order valence-corrected chi connectivity index (χ4v) is 3.48. The third-order valence-electron chi connectivity index (χ3n) is 5.11. The standard InChI is InChI=1S/C22H23FN4O/c23-19-13-17(28-16-7-2-1-3-8-16)9-10-18(19)21-20(14-25)27(12-11-24)22(26-21)15-5-4-6-15/h1-3,7-13,15H,4-6,14,24-25H2/b12-11-. The number of benzene rings is 2. The molecule has 1 heterocycles. The van der Waals surface area contributed by atoms with Crippen LogP contribution in [0.3, 0.4) is 0 Å². The molecule has 4 rings (SSSR count). The van der Waals surface area contributed by atoms with Crippen molar-refractivity contribution in [3.05, 3.63) is 72.1 Å². The van der Waals surface area contributed by atoms with Crippen molar-refractivity contribution < 1.29 is 9.13 Å². The van der Waals surface area contributed by atoms with Crippen molar-refractivity contribution in [2.75, 3.05) is 0 Å². The highest BCUT2D eigenvalue weighted by molar-refractivity contribution is 5.66. The van der Waals surface area contributed by atoms with Crippen LogP contribution in [0.15, 0.2) is 54.7 Å². The molecule has 4 N–H and O–H groups in total. The van der Waals surface area contributed by atoms with Crippen LogP contribution < -0.4 is 16.2 Å². The van der Waals surface area contributed by atoms with Gasteiger partial charge < -0.3 is 20.8 Å². The second-order valence-corrected chi connectivity index (χ2v) is 6.87. The number of nitrogens with two attached hydrogens (primary N) is 2. The molecule has 0 radical (unpaired) electrons. The highest BCUT2D eigenvalue weighted by atomic mass is 19.1. The molecule has 0 aliphatic heterocycles. The van der Waals surface area contributed by atoms with Gasteiger partial charge in [-0.2, -0.15) is 0 Å². The van der Waals surface area contributed by atoms with Gasteiger partial charge in [-0.15, -0.1) is 0 Å². The molecular weight excluding hydrogens is 355 g/mol. The van der Waals surface area contributed by atoms with Crippen molar-refractivity contribution in [3.63, 3.8) is 0 Å². The van der Waals surface area contributed by atoms with E-state index in [0.29, 0.717) is 28.7 Å². The molecule has 28 heavy (non-hydrogen) atoms. The second-order valence-electron chi connectivity index (χ2n) is 6.87. The van der Waals surface area contributed by atoms with E-state index >= 15 is 0 Å². The molecule has 0 amide bonds. The van der Waals surface area contributed by atoms with Gasteiger partial charge >= 0.3 is 0 Å². The van der Waals surface area contributed by atoms with E-state index < -0.39 is 5.82 Å². The largest absolute Gasteiger partial charge is 0.457 e. The van der Waals surface area contributed by atoms with E-state index in [1.54, 1.807) is 18.3 Å². The Morgan fingerprint density at radius 3 is 2.54 bits per heavy atom. The molecule has 1 saturated carbocycles. The summed E-state index contributed by atoms with van der Waals surface area (Å²) < 4.78 is 22.6. The van der Waals surface area contributed by atoms with Crippen molar-refractivity contribution in [1.29, 1.82) is 0 Å². The van der Waals surface area contributed by atoms with Crippen LogP contribution in [-0.4, -0.2) is 9.55 Å². The first kappa shape index (κ1) is 18.3. The number of rotatable bonds is 6. The zero-order chi connectivity index (χ0) is 19.5. The maximum Gasteiger partial charge on any atom is 0.136 e. The fourth-order valence-electron chi connectivity index (χ4n) is 3.48. The highest BCUT2D eigenvalue weighted by Crippen LogP contribution is 2.39. The Balaban J connectivity index is 1.72. The van der Waals surface area contributed by atoms with Crippen LogP contribution in [0.25, 0.3) is 17.5 Å². The fraction of sp³-hybridized carbons (Fsp3) is 0.227. The molecule has 0 atom stereocenters. The third-order valence-corrected chi connectivity index (χ3v) is 5.11. The number of para-hydroxylation sites is 1. The van der Waals surface area contributed by atoms with E-state index in [0.717, 1.165) is 24.4 Å². The average Bonchev–Trinajstić information content (AvgIpc) is 2.99. The minimum Gasteiger partial charge on any atom is -0.457 e. The van der Waals surface area contributed by atoms with Crippen LogP contribution in [0.5, 0.6) is 11.5 Å². The lowest BCUT2D eigenvalue weighted by atomic mass is 9.85. The molecule has 1 aromatic heterocycles. The van der Waals surface area contributed by atoms with Crippen LogP contribution in [-0.2, 0) is 6.54 Å². The van der Waals surface area contributed by atoms with E-state index in [2.05, 4.69) is 0 Å². The first-order valence-corrected chi connectivity index (χ1v) is 9.43. The maximum atomic E-state index is 15.0. The Morgan fingerprint density at radius 1 is 1.14 bits per heavy atom. The molecule has 0 unspecified atom stereocenters. The molecule has 144 valence electrons. The lowest BCUT2D eigenvalue weighted by Crippen LogP contribution is -2.15. The van der Waals surface area contributed by atoms with Gasteiger partial charge in [0.1, 0.15) is 23.1 Å². The molecule has 0 spiro atoms. The highest BCUT2D eigenvalue weighted by Gasteiger charge is 2.28. The predicted octanol–water partition coefficient (Wildman–Crippen LogP) is 4.59. The Hall–Kier alpha value is -3.12. The predicted molar refractivity (Wildman–Crippen MR) is 108 cm³/mol. The number of imidazole rings is 1. The van der Waals surface area contributed by atoms with Gasteiger partial charge in [-0.05, 0) is 37.1 Å². The van der Waals surface area contributed by atoms with Crippen molar-refractivity contribution in [1.82, 2.24) is 9.55 Å². The van der Waals surface area contributed by atoms with Gasteiger partial charge in [0.05, 0.1) is 11.4 Å². The third kappa shape index (κ3) is 3.39. The summed E-state index contributed by atoms with van der Waals surface area (Å²) in [4.78, 5) is 4.76. The molecule has 5 nitrogen and oxygen atoms in total. The first-order valence-electron chi connectivity index (χ1n) is 9.43. The average molecular weight is 378 g/mol. The topological polar surface area (TPSA) is 79.1 Å². The zero-order valence-corrected chi connectivity index (χ0v) is 15.5. The Morgan fingerprint density at radius 2 is 1.93 bits per heavy atom. The van der Waals surface area contributed by atoms with E-state index in [1.165, 1.54) is 18.7 Å². The molecule has 1 fully saturated rings. The van der Waals surface area contributed by atoms with Crippen LogP contribution in [0, 0.1) is 5.82 Å². The SMILES string of the molecule is N/C=C\n1c(C2CCC2)nc(-c2ccc(Oc3ccccc3)cc2F)c1CN. The van der Waals surface area contributed by atoms with Crippen LogP contribution in [0.2, 0.25) is 0 Å². The van der Waals surface area contributed by atoms with Crippen molar-refractivity contribution in [3.8, 4) is 22.8 Å². The van der Waals surface area contributed by atoms with Crippen molar-refractivity contribution in [2.24, 2.45) is 11.5 Å². The molecule has 6 heteroatoms. The van der Waals surface area contributed by atoms with E-state index in [4.69, 9.17) is 21.2 Å². The second kappa shape index (κ2) is 7.86. The normalized spacial score (nSPS) is 14.4. The summed E-state index contributed by atoms with van der Waals surface area (Å²) in [6.07, 6.45) is 6.53. The smallest absolute Gasteiger partial charge is 0.136 e. The van der Waals surface area contributed by atoms with Crippen LogP contribution >= 0.6 is 0 Å². The summed E-state index contributed by atoms with van der Waals surface area (Å²) in [5.41, 5.74) is 13.3. The maximum absolute atomic E-state index is 15.0. The lowest BCUT2D eigenvalue weighted by Gasteiger charge is -2.24. The minimum absolute atomic E-state index is 0.237. The molecule has 3 aromatic rings. The first-order chi connectivity index (χ1) is 13.7. The number of halogens is 1. The summed E-state index contributed by atoms with van der Waals surface area (Å²) in [5, 5.41) is 0. The molecule has 1 aliphatic carbocycles. The quantitative estimate of drug-likeness (QED) is 0.657. The van der Waals surface area contributed by atoms with Gasteiger partial charge in [-0.25, -0.2) is 9.37 Å². The summed E-state index contributed by atoms with van der Waals surface area (Å²) in [7, 11) is 0. The molecule has 0 saturated heterocycles. The Kier molecular flexibility index (Phi) is 5.12. The summed E-state index contributed by atoms with van der Waals surface area (Å²) in [6, 6.07) is 14.1. The van der Waals surface area contributed by atoms with Gasteiger partial charge in [-0.1, -0.05) is 24.6 Å². The van der Waals surface area contributed by atoms with Crippen LogP contribution in [0.1, 0.15) is 36.7 Å². The monoisotopic (exact) mass is 378 g/mol. The van der Waals surface area contributed by atoms with Crippen LogP contribution in [0.4, 0.5) is 4.39 Å². The summed E-state index contributed by atoms with van der Waals surface area (Å²) in [5.74, 6) is 1.94. The minimum atomic E-state index is -0.398.